The van der Waals surface area contributed by atoms with Crippen LogP contribution < -0.4 is 5.32 Å². The Kier molecular flexibility index (Phi) is 6.22. The SMILES string of the molecule is CCO[14C](=O)/C=C/CC(C)(C)NC(=O)OC. The molecule has 0 radical (unpaired) electrons. The van der Waals surface area contributed by atoms with E-state index in [9.17, 15) is 9.59 Å². The molecular formula is C11H19NO4. The third-order valence-corrected chi connectivity index (χ3v) is 1.79. The molecule has 0 heterocycles. The smallest absolute Gasteiger partial charge is 0.407 e. The molecule has 0 rings (SSSR count). The zero-order valence-corrected chi connectivity index (χ0v) is 10.2. The molecule has 0 spiro atoms. The van der Waals surface area contributed by atoms with Gasteiger partial charge in [0, 0.05) is 11.6 Å². The molecular weight excluding hydrogens is 212 g/mol. The summed E-state index contributed by atoms with van der Waals surface area (Å²) in [4.78, 5) is 22.0. The average Bonchev–Trinajstić information content (AvgIpc) is 2.16. The highest BCUT2D eigenvalue weighted by molar-refractivity contribution is 5.81. The zero-order valence-electron chi connectivity index (χ0n) is 10.2. The maximum atomic E-state index is 11.0. The number of nitrogens with one attached hydrogen (secondary N) is 1. The molecule has 0 aromatic heterocycles. The van der Waals surface area contributed by atoms with E-state index in [4.69, 9.17) is 4.74 Å². The van der Waals surface area contributed by atoms with Gasteiger partial charge in [-0.05, 0) is 27.2 Å². The van der Waals surface area contributed by atoms with Crippen molar-refractivity contribution in [2.75, 3.05) is 13.7 Å². The molecule has 5 heteroatoms. The number of methoxy groups -OCH3 is 1. The van der Waals surface area contributed by atoms with Gasteiger partial charge in [-0.1, -0.05) is 6.08 Å². The quantitative estimate of drug-likeness (QED) is 0.577. The van der Waals surface area contributed by atoms with Gasteiger partial charge in [-0.15, -0.1) is 0 Å². The van der Waals surface area contributed by atoms with Crippen LogP contribution in [0.25, 0.3) is 0 Å². The van der Waals surface area contributed by atoms with Gasteiger partial charge in [0.05, 0.1) is 13.7 Å². The first-order valence-electron chi connectivity index (χ1n) is 5.10. The van der Waals surface area contributed by atoms with E-state index in [2.05, 4.69) is 10.1 Å². The minimum atomic E-state index is -0.491. The summed E-state index contributed by atoms with van der Waals surface area (Å²) in [6.07, 6.45) is 3.04. The number of hydrogen-bond acceptors (Lipinski definition) is 4. The van der Waals surface area contributed by atoms with Gasteiger partial charge in [0.25, 0.3) is 0 Å². The van der Waals surface area contributed by atoms with Crippen LogP contribution in [0.3, 0.4) is 0 Å². The van der Waals surface area contributed by atoms with Gasteiger partial charge < -0.3 is 14.8 Å². The maximum absolute atomic E-state index is 11.0. The van der Waals surface area contributed by atoms with Gasteiger partial charge >= 0.3 is 12.1 Å². The van der Waals surface area contributed by atoms with Gasteiger partial charge in [-0.25, -0.2) is 9.59 Å². The number of carbonyl (C=O) groups is 2. The van der Waals surface area contributed by atoms with Crippen LogP contribution in [0.5, 0.6) is 0 Å². The molecule has 1 amide bonds. The number of carbonyl (C=O) groups excluding carboxylic acids is 2. The Bertz CT molecular complexity index is 271. The Morgan fingerprint density at radius 3 is 2.62 bits per heavy atom. The Hall–Kier alpha value is -1.52. The fourth-order valence-corrected chi connectivity index (χ4v) is 1.02. The van der Waals surface area contributed by atoms with Crippen molar-refractivity contribution in [3.8, 4) is 0 Å². The number of esters is 1. The highest BCUT2D eigenvalue weighted by atomic mass is 16.8. The predicted molar refractivity (Wildman–Crippen MR) is 60.0 cm³/mol. The van der Waals surface area contributed by atoms with Crippen LogP contribution in [-0.2, 0) is 14.3 Å². The third kappa shape index (κ3) is 6.86. The fourth-order valence-electron chi connectivity index (χ4n) is 1.02. The Balaban J connectivity index is 4.07. The van der Waals surface area contributed by atoms with Crippen LogP contribution >= 0.6 is 0 Å². The van der Waals surface area contributed by atoms with Crippen molar-refractivity contribution < 1.29 is 19.1 Å². The van der Waals surface area contributed by atoms with Crippen LogP contribution in [0.4, 0.5) is 4.79 Å². The van der Waals surface area contributed by atoms with Crippen molar-refractivity contribution in [1.29, 1.82) is 0 Å². The highest BCUT2D eigenvalue weighted by Crippen LogP contribution is 2.09. The second-order valence-corrected chi connectivity index (χ2v) is 3.86. The van der Waals surface area contributed by atoms with Crippen molar-refractivity contribution in [1.82, 2.24) is 5.32 Å². The van der Waals surface area contributed by atoms with Crippen molar-refractivity contribution in [2.24, 2.45) is 0 Å². The monoisotopic (exact) mass is 231 g/mol. The van der Waals surface area contributed by atoms with Crippen molar-refractivity contribution in [3.05, 3.63) is 12.2 Å². The predicted octanol–water partition coefficient (Wildman–Crippen LogP) is 1.63. The summed E-state index contributed by atoms with van der Waals surface area (Å²) in [7, 11) is 1.31. The van der Waals surface area contributed by atoms with E-state index in [1.807, 2.05) is 13.8 Å². The molecule has 92 valence electrons. The van der Waals surface area contributed by atoms with Crippen molar-refractivity contribution >= 4 is 12.1 Å². The fraction of sp³-hybridized carbons (Fsp3) is 0.636. The second kappa shape index (κ2) is 6.87. The largest absolute Gasteiger partial charge is 0.463 e. The maximum Gasteiger partial charge on any atom is 0.407 e. The highest BCUT2D eigenvalue weighted by Gasteiger charge is 2.18. The van der Waals surface area contributed by atoms with Crippen LogP contribution in [-0.4, -0.2) is 31.3 Å². The molecule has 0 aliphatic heterocycles. The number of rotatable bonds is 5. The Morgan fingerprint density at radius 2 is 2.12 bits per heavy atom. The number of ether oxygens (including phenoxy) is 2. The molecule has 0 aromatic rings. The van der Waals surface area contributed by atoms with Gasteiger partial charge in [0.2, 0.25) is 0 Å². The third-order valence-electron chi connectivity index (χ3n) is 1.79. The molecule has 1 N–H and O–H groups in total. The summed E-state index contributed by atoms with van der Waals surface area (Å²) in [5, 5.41) is 2.65. The summed E-state index contributed by atoms with van der Waals surface area (Å²) in [6, 6.07) is 0. The normalized spacial score (nSPS) is 11.2. The minimum Gasteiger partial charge on any atom is -0.463 e. The molecule has 16 heavy (non-hydrogen) atoms. The van der Waals surface area contributed by atoms with E-state index in [1.54, 1.807) is 13.0 Å². The topological polar surface area (TPSA) is 64.6 Å². The molecule has 0 aromatic carbocycles. The summed E-state index contributed by atoms with van der Waals surface area (Å²) in [6.45, 7) is 5.76. The average molecular weight is 231 g/mol. The lowest BCUT2D eigenvalue weighted by molar-refractivity contribution is -0.137. The van der Waals surface area contributed by atoms with E-state index in [0.717, 1.165) is 0 Å². The van der Waals surface area contributed by atoms with Crippen LogP contribution in [0.2, 0.25) is 0 Å². The van der Waals surface area contributed by atoms with Crippen molar-refractivity contribution in [3.63, 3.8) is 0 Å². The molecule has 0 fully saturated rings. The lowest BCUT2D eigenvalue weighted by Crippen LogP contribution is -2.42. The molecule has 0 unspecified atom stereocenters. The molecule has 0 bridgehead atoms. The lowest BCUT2D eigenvalue weighted by atomic mass is 10.0. The van der Waals surface area contributed by atoms with Gasteiger partial charge in [-0.2, -0.15) is 0 Å². The summed E-state index contributed by atoms with van der Waals surface area (Å²) in [5.41, 5.74) is -0.462. The zero-order chi connectivity index (χ0) is 12.6. The first-order valence-corrected chi connectivity index (χ1v) is 5.10. The Labute approximate surface area is 95.8 Å². The second-order valence-electron chi connectivity index (χ2n) is 3.86. The Morgan fingerprint density at radius 1 is 1.50 bits per heavy atom. The van der Waals surface area contributed by atoms with Gasteiger partial charge in [0.1, 0.15) is 0 Å². The van der Waals surface area contributed by atoms with Crippen LogP contribution in [0, 0.1) is 0 Å². The molecule has 0 atom stereocenters. The first-order chi connectivity index (χ1) is 7.41. The van der Waals surface area contributed by atoms with Crippen LogP contribution in [0.15, 0.2) is 12.2 Å². The molecule has 5 nitrogen and oxygen atoms in total. The van der Waals surface area contributed by atoms with E-state index in [1.165, 1.54) is 13.2 Å². The molecule has 0 saturated carbocycles. The van der Waals surface area contributed by atoms with E-state index in [0.29, 0.717) is 13.0 Å². The summed E-state index contributed by atoms with van der Waals surface area (Å²) < 4.78 is 9.21. The number of hydrogen-bond donors (Lipinski definition) is 1. The van der Waals surface area contributed by atoms with Gasteiger partial charge in [-0.3, -0.25) is 0 Å². The van der Waals surface area contributed by atoms with E-state index >= 15 is 0 Å². The van der Waals surface area contributed by atoms with E-state index in [-0.39, 0.29) is 5.97 Å². The standard InChI is InChI=1S/C11H19NO4/c1-5-16-9(13)7-6-8-11(2,3)12-10(14)15-4/h6-7H,5,8H2,1-4H3,(H,12,14)/b7-6+/i9+2. The lowest BCUT2D eigenvalue weighted by Gasteiger charge is -2.23. The number of amides is 1. The number of alkyl carbamates (subject to hydrolysis) is 1. The molecule has 0 saturated heterocycles. The molecule has 0 aliphatic carbocycles. The molecule has 0 aliphatic rings. The summed E-state index contributed by atoms with van der Waals surface area (Å²) in [5.74, 6) is -0.378. The van der Waals surface area contributed by atoms with Crippen molar-refractivity contribution in [2.45, 2.75) is 32.7 Å². The van der Waals surface area contributed by atoms with Crippen LogP contribution in [0.1, 0.15) is 27.2 Å². The minimum absolute atomic E-state index is 0.354. The van der Waals surface area contributed by atoms with Gasteiger partial charge in [0.15, 0.2) is 0 Å². The first kappa shape index (κ1) is 14.5. The summed E-state index contributed by atoms with van der Waals surface area (Å²) >= 11 is 0. The van der Waals surface area contributed by atoms with E-state index < -0.39 is 11.6 Å².